The fourth-order valence-corrected chi connectivity index (χ4v) is 3.43. The maximum absolute atomic E-state index is 12.2. The molecule has 0 saturated carbocycles. The molecule has 7 heteroatoms. The van der Waals surface area contributed by atoms with Gasteiger partial charge in [-0.05, 0) is 24.6 Å². The minimum absolute atomic E-state index is 0.124. The lowest BCUT2D eigenvalue weighted by Gasteiger charge is -2.10. The van der Waals surface area contributed by atoms with E-state index >= 15 is 0 Å². The number of furan rings is 1. The molecule has 0 fully saturated rings. The SMILES string of the molecule is C[C@H](NC(=O)CSc1nnc(Cc2ccccc2)o1)c1cc2ccccc2o1. The first-order valence-electron chi connectivity index (χ1n) is 8.94. The van der Waals surface area contributed by atoms with E-state index in [1.807, 2.05) is 67.6 Å². The maximum Gasteiger partial charge on any atom is 0.277 e. The van der Waals surface area contributed by atoms with Crippen LogP contribution in [0.25, 0.3) is 11.0 Å². The van der Waals surface area contributed by atoms with E-state index in [1.165, 1.54) is 11.8 Å². The third-order valence-electron chi connectivity index (χ3n) is 4.22. The summed E-state index contributed by atoms with van der Waals surface area (Å²) in [6, 6.07) is 19.4. The second-order valence-electron chi connectivity index (χ2n) is 6.39. The van der Waals surface area contributed by atoms with Crippen LogP contribution >= 0.6 is 11.8 Å². The van der Waals surface area contributed by atoms with E-state index in [9.17, 15) is 4.79 Å². The minimum atomic E-state index is -0.225. The number of fused-ring (bicyclic) bond motifs is 1. The molecule has 28 heavy (non-hydrogen) atoms. The van der Waals surface area contributed by atoms with Crippen molar-refractivity contribution in [3.8, 4) is 0 Å². The van der Waals surface area contributed by atoms with Gasteiger partial charge in [0, 0.05) is 5.39 Å². The van der Waals surface area contributed by atoms with Crippen LogP contribution in [0.15, 0.2) is 74.7 Å². The van der Waals surface area contributed by atoms with Crippen molar-refractivity contribution in [2.24, 2.45) is 0 Å². The molecule has 4 rings (SSSR count). The summed E-state index contributed by atoms with van der Waals surface area (Å²) >= 11 is 1.22. The number of hydrogen-bond acceptors (Lipinski definition) is 6. The Bertz CT molecular complexity index is 1040. The van der Waals surface area contributed by atoms with Crippen LogP contribution in [0.1, 0.15) is 30.2 Å². The number of rotatable bonds is 7. The van der Waals surface area contributed by atoms with Crippen molar-refractivity contribution >= 4 is 28.6 Å². The van der Waals surface area contributed by atoms with Crippen molar-refractivity contribution in [3.05, 3.63) is 77.9 Å². The summed E-state index contributed by atoms with van der Waals surface area (Å²) in [5.74, 6) is 1.32. The molecule has 0 radical (unpaired) electrons. The largest absolute Gasteiger partial charge is 0.459 e. The Morgan fingerprint density at radius 1 is 1.07 bits per heavy atom. The molecule has 0 spiro atoms. The topological polar surface area (TPSA) is 81.2 Å². The second kappa shape index (κ2) is 8.31. The number of benzene rings is 2. The molecule has 0 aliphatic heterocycles. The van der Waals surface area contributed by atoms with Gasteiger partial charge in [-0.2, -0.15) is 0 Å². The Hall–Kier alpha value is -3.06. The number of nitrogens with one attached hydrogen (secondary N) is 1. The number of amides is 1. The molecule has 1 atom stereocenters. The monoisotopic (exact) mass is 393 g/mol. The Kier molecular flexibility index (Phi) is 5.43. The van der Waals surface area contributed by atoms with Crippen LogP contribution in [-0.4, -0.2) is 21.9 Å². The van der Waals surface area contributed by atoms with Crippen LogP contribution < -0.4 is 5.32 Å². The average molecular weight is 393 g/mol. The molecule has 142 valence electrons. The van der Waals surface area contributed by atoms with E-state index < -0.39 is 0 Å². The highest BCUT2D eigenvalue weighted by atomic mass is 32.2. The van der Waals surface area contributed by atoms with E-state index in [1.54, 1.807) is 0 Å². The van der Waals surface area contributed by atoms with Crippen molar-refractivity contribution in [1.82, 2.24) is 15.5 Å². The first-order valence-corrected chi connectivity index (χ1v) is 9.93. The van der Waals surface area contributed by atoms with Gasteiger partial charge in [0.05, 0.1) is 18.2 Å². The lowest BCUT2D eigenvalue weighted by Crippen LogP contribution is -2.27. The van der Waals surface area contributed by atoms with Gasteiger partial charge < -0.3 is 14.2 Å². The molecule has 2 aromatic heterocycles. The van der Waals surface area contributed by atoms with Gasteiger partial charge in [-0.1, -0.05) is 60.3 Å². The predicted octanol–water partition coefficient (Wildman–Crippen LogP) is 4.38. The molecule has 1 amide bonds. The van der Waals surface area contributed by atoms with Crippen molar-refractivity contribution in [2.75, 3.05) is 5.75 Å². The summed E-state index contributed by atoms with van der Waals surface area (Å²) in [6.07, 6.45) is 0.573. The molecule has 1 N–H and O–H groups in total. The molecule has 2 heterocycles. The van der Waals surface area contributed by atoms with E-state index in [-0.39, 0.29) is 17.7 Å². The zero-order valence-corrected chi connectivity index (χ0v) is 16.1. The number of carbonyl (C=O) groups is 1. The number of thioether (sulfide) groups is 1. The highest BCUT2D eigenvalue weighted by molar-refractivity contribution is 7.99. The quantitative estimate of drug-likeness (QED) is 0.470. The van der Waals surface area contributed by atoms with Crippen molar-refractivity contribution in [2.45, 2.75) is 24.6 Å². The van der Waals surface area contributed by atoms with Crippen molar-refractivity contribution in [1.29, 1.82) is 0 Å². The van der Waals surface area contributed by atoms with Gasteiger partial charge in [-0.3, -0.25) is 4.79 Å². The fraction of sp³-hybridized carbons (Fsp3) is 0.190. The number of para-hydroxylation sites is 1. The Morgan fingerprint density at radius 3 is 2.68 bits per heavy atom. The zero-order chi connectivity index (χ0) is 19.3. The number of carbonyl (C=O) groups excluding carboxylic acids is 1. The zero-order valence-electron chi connectivity index (χ0n) is 15.3. The number of aromatic nitrogens is 2. The van der Waals surface area contributed by atoms with Gasteiger partial charge in [-0.15, -0.1) is 10.2 Å². The van der Waals surface area contributed by atoms with Crippen LogP contribution in [0, 0.1) is 0 Å². The van der Waals surface area contributed by atoms with Gasteiger partial charge in [0.25, 0.3) is 5.22 Å². The van der Waals surface area contributed by atoms with Crippen molar-refractivity contribution in [3.63, 3.8) is 0 Å². The molecular formula is C21H19N3O3S. The summed E-state index contributed by atoms with van der Waals surface area (Å²) in [6.45, 7) is 1.89. The molecule has 2 aromatic carbocycles. The van der Waals surface area contributed by atoms with Gasteiger partial charge in [-0.25, -0.2) is 0 Å². The molecule has 0 aliphatic rings. The number of nitrogens with zero attached hydrogens (tertiary/aromatic N) is 2. The lowest BCUT2D eigenvalue weighted by atomic mass is 10.2. The molecule has 0 aliphatic carbocycles. The maximum atomic E-state index is 12.2. The molecule has 4 aromatic rings. The first-order chi connectivity index (χ1) is 13.7. The highest BCUT2D eigenvalue weighted by Gasteiger charge is 2.16. The van der Waals surface area contributed by atoms with Gasteiger partial charge in [0.2, 0.25) is 11.8 Å². The summed E-state index contributed by atoms with van der Waals surface area (Å²) < 4.78 is 11.4. The average Bonchev–Trinajstić information content (AvgIpc) is 3.34. The van der Waals surface area contributed by atoms with Crippen LogP contribution in [-0.2, 0) is 11.2 Å². The molecule has 6 nitrogen and oxygen atoms in total. The van der Waals surface area contributed by atoms with Crippen LogP contribution in [0.2, 0.25) is 0 Å². The highest BCUT2D eigenvalue weighted by Crippen LogP contribution is 2.24. The third kappa shape index (κ3) is 4.43. The second-order valence-corrected chi connectivity index (χ2v) is 7.32. The minimum Gasteiger partial charge on any atom is -0.459 e. The number of hydrogen-bond donors (Lipinski definition) is 1. The summed E-state index contributed by atoms with van der Waals surface area (Å²) in [7, 11) is 0. The van der Waals surface area contributed by atoms with E-state index in [0.29, 0.717) is 17.5 Å². The summed E-state index contributed by atoms with van der Waals surface area (Å²) in [4.78, 5) is 12.2. The first kappa shape index (κ1) is 18.3. The van der Waals surface area contributed by atoms with Crippen LogP contribution in [0.3, 0.4) is 0 Å². The van der Waals surface area contributed by atoms with Crippen LogP contribution in [0.4, 0.5) is 0 Å². The van der Waals surface area contributed by atoms with Crippen molar-refractivity contribution < 1.29 is 13.6 Å². The van der Waals surface area contributed by atoms with Crippen LogP contribution in [0.5, 0.6) is 0 Å². The predicted molar refractivity (Wildman–Crippen MR) is 107 cm³/mol. The van der Waals surface area contributed by atoms with Gasteiger partial charge in [0.1, 0.15) is 11.3 Å². The standard InChI is InChI=1S/C21H19N3O3S/c1-14(18-12-16-9-5-6-10-17(16)26-18)22-19(25)13-28-21-24-23-20(27-21)11-15-7-3-2-4-8-15/h2-10,12,14H,11,13H2,1H3,(H,22,25)/t14-/m0/s1. The molecule has 0 unspecified atom stereocenters. The Labute approximate surface area is 166 Å². The van der Waals surface area contributed by atoms with E-state index in [4.69, 9.17) is 8.83 Å². The Balaban J connectivity index is 1.29. The van der Waals surface area contributed by atoms with Gasteiger partial charge in [0.15, 0.2) is 0 Å². The smallest absolute Gasteiger partial charge is 0.277 e. The summed E-state index contributed by atoms with van der Waals surface area (Å²) in [5.41, 5.74) is 1.91. The Morgan fingerprint density at radius 2 is 1.86 bits per heavy atom. The lowest BCUT2D eigenvalue weighted by molar-refractivity contribution is -0.119. The molecule has 0 saturated heterocycles. The van der Waals surface area contributed by atoms with Gasteiger partial charge >= 0.3 is 0 Å². The van der Waals surface area contributed by atoms with E-state index in [2.05, 4.69) is 15.5 Å². The molecule has 0 bridgehead atoms. The third-order valence-corrected chi connectivity index (χ3v) is 5.04. The molecular weight excluding hydrogens is 374 g/mol. The normalized spacial score (nSPS) is 12.2. The fourth-order valence-electron chi connectivity index (χ4n) is 2.84. The van der Waals surface area contributed by atoms with E-state index in [0.717, 1.165) is 22.3 Å². The summed E-state index contributed by atoms with van der Waals surface area (Å²) in [5, 5.41) is 12.4.